The molecule has 0 aromatic carbocycles. The van der Waals surface area contributed by atoms with Gasteiger partial charge in [-0.1, -0.05) is 6.92 Å². The maximum atomic E-state index is 11.4. The first-order valence-corrected chi connectivity index (χ1v) is 6.70. The van der Waals surface area contributed by atoms with Crippen LogP contribution in [0.5, 0.6) is 0 Å². The maximum Gasteiger partial charge on any atom is 0.325 e. The van der Waals surface area contributed by atoms with Crippen molar-refractivity contribution in [2.45, 2.75) is 51.1 Å². The Labute approximate surface area is 103 Å². The van der Waals surface area contributed by atoms with Crippen LogP contribution < -0.4 is 5.73 Å². The molecule has 0 radical (unpaired) electrons. The molecule has 4 heteroatoms. The number of carboxylic acids is 1. The third-order valence-corrected chi connectivity index (χ3v) is 4.44. The molecule has 1 aliphatic heterocycles. The maximum absolute atomic E-state index is 11.4. The number of hydrogen-bond acceptors (Lipinski definition) is 3. The van der Waals surface area contributed by atoms with Gasteiger partial charge in [0.25, 0.3) is 0 Å². The van der Waals surface area contributed by atoms with Crippen LogP contribution in [-0.4, -0.2) is 40.6 Å². The van der Waals surface area contributed by atoms with E-state index in [9.17, 15) is 9.90 Å². The first-order valence-electron chi connectivity index (χ1n) is 6.70. The van der Waals surface area contributed by atoms with Crippen molar-refractivity contribution in [3.05, 3.63) is 0 Å². The van der Waals surface area contributed by atoms with E-state index in [2.05, 4.69) is 18.7 Å². The van der Waals surface area contributed by atoms with Crippen molar-refractivity contribution >= 4 is 5.97 Å². The van der Waals surface area contributed by atoms with Gasteiger partial charge in [0.15, 0.2) is 0 Å². The predicted octanol–water partition coefficient (Wildman–Crippen LogP) is 1.30. The topological polar surface area (TPSA) is 66.6 Å². The Morgan fingerprint density at radius 1 is 1.41 bits per heavy atom. The van der Waals surface area contributed by atoms with Gasteiger partial charge in [0.05, 0.1) is 0 Å². The highest BCUT2D eigenvalue weighted by Gasteiger charge is 2.49. The Hall–Kier alpha value is -0.610. The number of hydrogen-bond donors (Lipinski definition) is 2. The van der Waals surface area contributed by atoms with Gasteiger partial charge in [-0.05, 0) is 51.0 Å². The van der Waals surface area contributed by atoms with E-state index < -0.39 is 11.5 Å². The van der Waals surface area contributed by atoms with E-state index >= 15 is 0 Å². The monoisotopic (exact) mass is 240 g/mol. The van der Waals surface area contributed by atoms with Crippen molar-refractivity contribution in [1.82, 2.24) is 4.90 Å². The average Bonchev–Trinajstić information content (AvgIpc) is 3.05. The minimum atomic E-state index is -1.02. The van der Waals surface area contributed by atoms with Gasteiger partial charge in [0.2, 0.25) is 0 Å². The SMILES string of the molecule is CC1CCN(CC(N)(C(=O)O)C2CC2)C(C)C1. The Morgan fingerprint density at radius 3 is 2.53 bits per heavy atom. The molecule has 0 spiro atoms. The van der Waals surface area contributed by atoms with Crippen molar-refractivity contribution < 1.29 is 9.90 Å². The largest absolute Gasteiger partial charge is 0.480 e. The summed E-state index contributed by atoms with van der Waals surface area (Å²) in [6.07, 6.45) is 4.26. The molecule has 0 aromatic heterocycles. The molecule has 1 heterocycles. The van der Waals surface area contributed by atoms with Gasteiger partial charge in [-0.3, -0.25) is 9.69 Å². The first-order chi connectivity index (χ1) is 7.93. The summed E-state index contributed by atoms with van der Waals surface area (Å²) >= 11 is 0. The number of carboxylic acid groups (broad SMARTS) is 1. The van der Waals surface area contributed by atoms with Gasteiger partial charge in [-0.15, -0.1) is 0 Å². The number of carbonyl (C=O) groups is 1. The van der Waals surface area contributed by atoms with Crippen LogP contribution in [0.4, 0.5) is 0 Å². The quantitative estimate of drug-likeness (QED) is 0.777. The molecule has 3 atom stereocenters. The summed E-state index contributed by atoms with van der Waals surface area (Å²) in [5, 5.41) is 9.36. The number of nitrogens with zero attached hydrogens (tertiary/aromatic N) is 1. The zero-order valence-electron chi connectivity index (χ0n) is 10.9. The van der Waals surface area contributed by atoms with E-state index in [-0.39, 0.29) is 5.92 Å². The van der Waals surface area contributed by atoms with Crippen molar-refractivity contribution in [3.8, 4) is 0 Å². The fraction of sp³-hybridized carbons (Fsp3) is 0.923. The lowest BCUT2D eigenvalue weighted by Crippen LogP contribution is -2.60. The summed E-state index contributed by atoms with van der Waals surface area (Å²) in [5.41, 5.74) is 5.11. The van der Waals surface area contributed by atoms with Gasteiger partial charge in [-0.2, -0.15) is 0 Å². The van der Waals surface area contributed by atoms with Crippen LogP contribution in [0.25, 0.3) is 0 Å². The van der Waals surface area contributed by atoms with Gasteiger partial charge in [0, 0.05) is 12.6 Å². The van der Waals surface area contributed by atoms with Crippen LogP contribution in [0, 0.1) is 11.8 Å². The zero-order valence-corrected chi connectivity index (χ0v) is 10.9. The van der Waals surface area contributed by atoms with Gasteiger partial charge in [-0.25, -0.2) is 0 Å². The Kier molecular flexibility index (Phi) is 3.46. The summed E-state index contributed by atoms with van der Waals surface area (Å²) in [7, 11) is 0. The summed E-state index contributed by atoms with van der Waals surface area (Å²) in [4.78, 5) is 13.7. The third-order valence-electron chi connectivity index (χ3n) is 4.44. The van der Waals surface area contributed by atoms with Gasteiger partial charge < -0.3 is 10.8 Å². The highest BCUT2D eigenvalue weighted by Crippen LogP contribution is 2.39. The molecule has 0 amide bonds. The number of aliphatic carboxylic acids is 1. The molecule has 1 aliphatic carbocycles. The molecule has 0 aromatic rings. The minimum absolute atomic E-state index is 0.187. The highest BCUT2D eigenvalue weighted by molar-refractivity contribution is 5.79. The second kappa shape index (κ2) is 4.58. The molecule has 4 nitrogen and oxygen atoms in total. The number of piperidine rings is 1. The van der Waals surface area contributed by atoms with Gasteiger partial charge >= 0.3 is 5.97 Å². The summed E-state index contributed by atoms with van der Waals surface area (Å²) in [6, 6.07) is 0.458. The summed E-state index contributed by atoms with van der Waals surface area (Å²) in [5.74, 6) is 0.108. The third kappa shape index (κ3) is 2.63. The van der Waals surface area contributed by atoms with Crippen LogP contribution in [0.3, 0.4) is 0 Å². The number of rotatable bonds is 4. The molecular weight excluding hydrogens is 216 g/mol. The molecule has 2 fully saturated rings. The van der Waals surface area contributed by atoms with Crippen molar-refractivity contribution in [2.75, 3.05) is 13.1 Å². The molecule has 98 valence electrons. The molecule has 2 rings (SSSR count). The number of likely N-dealkylation sites (tertiary alicyclic amines) is 1. The van der Waals surface area contributed by atoms with E-state index in [0.29, 0.717) is 12.6 Å². The van der Waals surface area contributed by atoms with Crippen molar-refractivity contribution in [1.29, 1.82) is 0 Å². The molecule has 0 bridgehead atoms. The van der Waals surface area contributed by atoms with Gasteiger partial charge in [0.1, 0.15) is 5.54 Å². The van der Waals surface area contributed by atoms with E-state index in [1.807, 2.05) is 0 Å². The minimum Gasteiger partial charge on any atom is -0.480 e. The van der Waals surface area contributed by atoms with Crippen molar-refractivity contribution in [2.24, 2.45) is 17.6 Å². The smallest absolute Gasteiger partial charge is 0.325 e. The van der Waals surface area contributed by atoms with Crippen molar-refractivity contribution in [3.63, 3.8) is 0 Å². The lowest BCUT2D eigenvalue weighted by atomic mass is 9.88. The first kappa shape index (κ1) is 12.8. The molecule has 1 saturated carbocycles. The van der Waals surface area contributed by atoms with E-state index in [4.69, 9.17) is 5.73 Å². The Morgan fingerprint density at radius 2 is 2.06 bits per heavy atom. The molecule has 17 heavy (non-hydrogen) atoms. The normalized spacial score (nSPS) is 34.3. The van der Waals surface area contributed by atoms with Crippen LogP contribution in [-0.2, 0) is 4.79 Å². The lowest BCUT2D eigenvalue weighted by molar-refractivity contribution is -0.145. The van der Waals surface area contributed by atoms with E-state index in [0.717, 1.165) is 38.1 Å². The second-order valence-corrected chi connectivity index (χ2v) is 6.07. The highest BCUT2D eigenvalue weighted by atomic mass is 16.4. The molecule has 1 saturated heterocycles. The fourth-order valence-electron chi connectivity index (χ4n) is 3.00. The van der Waals surface area contributed by atoms with E-state index in [1.165, 1.54) is 0 Å². The molecule has 2 aliphatic rings. The molecule has 3 N–H and O–H groups in total. The summed E-state index contributed by atoms with van der Waals surface area (Å²) < 4.78 is 0. The molecular formula is C13H24N2O2. The fourth-order valence-corrected chi connectivity index (χ4v) is 3.00. The zero-order chi connectivity index (χ0) is 12.6. The second-order valence-electron chi connectivity index (χ2n) is 6.07. The summed E-state index contributed by atoms with van der Waals surface area (Å²) in [6.45, 7) is 5.95. The lowest BCUT2D eigenvalue weighted by Gasteiger charge is -2.40. The Balaban J connectivity index is 2.01. The van der Waals surface area contributed by atoms with Crippen LogP contribution in [0.15, 0.2) is 0 Å². The predicted molar refractivity (Wildman–Crippen MR) is 66.7 cm³/mol. The van der Waals surface area contributed by atoms with E-state index in [1.54, 1.807) is 0 Å². The Bertz CT molecular complexity index is 304. The van der Waals surface area contributed by atoms with Crippen LogP contribution in [0.1, 0.15) is 39.5 Å². The van der Waals surface area contributed by atoms with Crippen LogP contribution in [0.2, 0.25) is 0 Å². The van der Waals surface area contributed by atoms with Crippen LogP contribution >= 0.6 is 0 Å². The number of nitrogens with two attached hydrogens (primary N) is 1. The standard InChI is InChI=1S/C13H24N2O2/c1-9-5-6-15(10(2)7-9)8-13(14,12(16)17)11-3-4-11/h9-11H,3-8,14H2,1-2H3,(H,16,17). The average molecular weight is 240 g/mol. The molecule has 3 unspecified atom stereocenters.